The van der Waals surface area contributed by atoms with Crippen molar-refractivity contribution in [2.75, 3.05) is 18.1 Å². The highest BCUT2D eigenvalue weighted by atomic mass is 35.5. The van der Waals surface area contributed by atoms with Crippen LogP contribution in [0.4, 0.5) is 19.0 Å². The number of aliphatic hydroxyl groups excluding tert-OH is 1. The van der Waals surface area contributed by atoms with Gasteiger partial charge < -0.3 is 10.0 Å². The number of hydrogen-bond donors (Lipinski definition) is 1. The topological polar surface area (TPSA) is 66.5 Å². The summed E-state index contributed by atoms with van der Waals surface area (Å²) < 4.78 is 41.5. The van der Waals surface area contributed by atoms with E-state index in [2.05, 4.69) is 4.98 Å². The van der Waals surface area contributed by atoms with Crippen molar-refractivity contribution in [3.8, 4) is 33.6 Å². The first-order valence-electron chi connectivity index (χ1n) is 12.6. The molecule has 11 heteroatoms. The van der Waals surface area contributed by atoms with Crippen LogP contribution in [0.5, 0.6) is 0 Å². The number of anilines is 1. The van der Waals surface area contributed by atoms with Crippen LogP contribution in [0.1, 0.15) is 18.5 Å². The number of hydrogen-bond acceptors (Lipinski definition) is 5. The van der Waals surface area contributed by atoms with Gasteiger partial charge in [0.25, 0.3) is 0 Å². The standard InChI is InChI=1S/C29H22Cl2F3N5O/c30-19-10-7-17(8-11-19)26-27(21-5-1-2-6-22(21)31)37-39-23(18-9-12-24(35-15-18)29(32,33)34)14-25(36-28(26)39)38-13-3-4-20(38)16-40/h1-2,5-12,14-15,20,40H,3-4,13,16H2/t20-/m0/s1. The number of rotatable bonds is 5. The molecule has 1 aliphatic rings. The molecule has 0 unspecified atom stereocenters. The number of fused-ring (bicyclic) bond motifs is 1. The van der Waals surface area contributed by atoms with Crippen molar-refractivity contribution in [3.05, 3.63) is 88.7 Å². The molecular formula is C29H22Cl2F3N5O. The predicted molar refractivity (Wildman–Crippen MR) is 150 cm³/mol. The lowest BCUT2D eigenvalue weighted by atomic mass is 10.0. The van der Waals surface area contributed by atoms with E-state index < -0.39 is 11.9 Å². The Hall–Kier alpha value is -3.66. The van der Waals surface area contributed by atoms with Crippen LogP contribution in [-0.2, 0) is 6.18 Å². The second-order valence-electron chi connectivity index (χ2n) is 9.55. The second kappa shape index (κ2) is 10.4. The average Bonchev–Trinajstić information content (AvgIpc) is 3.58. The van der Waals surface area contributed by atoms with Crippen LogP contribution in [0, 0.1) is 0 Å². The van der Waals surface area contributed by atoms with Crippen molar-refractivity contribution < 1.29 is 18.3 Å². The number of halogens is 5. The Morgan fingerprint density at radius 2 is 1.73 bits per heavy atom. The third-order valence-electron chi connectivity index (χ3n) is 7.07. The molecule has 204 valence electrons. The molecule has 5 aromatic rings. The zero-order valence-electron chi connectivity index (χ0n) is 20.9. The number of aliphatic hydroxyl groups is 1. The van der Waals surface area contributed by atoms with Gasteiger partial charge in [-0.3, -0.25) is 4.98 Å². The number of pyridine rings is 1. The van der Waals surface area contributed by atoms with Crippen LogP contribution in [0.2, 0.25) is 10.0 Å². The van der Waals surface area contributed by atoms with E-state index in [-0.39, 0.29) is 12.6 Å². The molecule has 0 bridgehead atoms. The van der Waals surface area contributed by atoms with Gasteiger partial charge in [-0.1, -0.05) is 53.5 Å². The smallest absolute Gasteiger partial charge is 0.394 e. The molecule has 1 fully saturated rings. The highest BCUT2D eigenvalue weighted by Crippen LogP contribution is 2.41. The predicted octanol–water partition coefficient (Wildman–Crippen LogP) is 7.41. The molecule has 0 spiro atoms. The summed E-state index contributed by atoms with van der Waals surface area (Å²) in [5.74, 6) is 0.583. The molecule has 4 heterocycles. The Bertz CT molecular complexity index is 1690. The van der Waals surface area contributed by atoms with Crippen molar-refractivity contribution in [1.29, 1.82) is 0 Å². The average molecular weight is 584 g/mol. The number of alkyl halides is 3. The lowest BCUT2D eigenvalue weighted by Gasteiger charge is -2.25. The highest BCUT2D eigenvalue weighted by Gasteiger charge is 2.33. The zero-order valence-corrected chi connectivity index (χ0v) is 22.4. The van der Waals surface area contributed by atoms with E-state index in [0.29, 0.717) is 56.1 Å². The minimum absolute atomic E-state index is 0.0434. The molecule has 2 aromatic carbocycles. The van der Waals surface area contributed by atoms with Crippen molar-refractivity contribution in [2.24, 2.45) is 0 Å². The molecule has 1 N–H and O–H groups in total. The quantitative estimate of drug-likeness (QED) is 0.233. The maximum Gasteiger partial charge on any atom is 0.433 e. The van der Waals surface area contributed by atoms with Gasteiger partial charge in [-0.2, -0.15) is 18.3 Å². The van der Waals surface area contributed by atoms with Crippen LogP contribution in [0.25, 0.3) is 39.3 Å². The molecule has 0 saturated carbocycles. The highest BCUT2D eigenvalue weighted by molar-refractivity contribution is 6.33. The molecule has 0 aliphatic carbocycles. The fourth-order valence-corrected chi connectivity index (χ4v) is 5.47. The molecule has 1 aliphatic heterocycles. The van der Waals surface area contributed by atoms with Gasteiger partial charge in [0.1, 0.15) is 17.2 Å². The van der Waals surface area contributed by atoms with Gasteiger partial charge in [-0.15, -0.1) is 0 Å². The Balaban J connectivity index is 1.67. The fourth-order valence-electron chi connectivity index (χ4n) is 5.12. The lowest BCUT2D eigenvalue weighted by Crippen LogP contribution is -2.32. The summed E-state index contributed by atoms with van der Waals surface area (Å²) in [4.78, 5) is 10.7. The summed E-state index contributed by atoms with van der Waals surface area (Å²) in [6.07, 6.45) is -1.70. The first-order chi connectivity index (χ1) is 19.2. The summed E-state index contributed by atoms with van der Waals surface area (Å²) in [6, 6.07) is 18.5. The molecule has 6 nitrogen and oxygen atoms in total. The summed E-state index contributed by atoms with van der Waals surface area (Å²) in [6.45, 7) is 0.638. The second-order valence-corrected chi connectivity index (χ2v) is 10.4. The Labute approximate surface area is 237 Å². The van der Waals surface area contributed by atoms with Crippen molar-refractivity contribution in [3.63, 3.8) is 0 Å². The van der Waals surface area contributed by atoms with Crippen LogP contribution < -0.4 is 4.90 Å². The normalized spacial score (nSPS) is 15.8. The largest absolute Gasteiger partial charge is 0.433 e. The van der Waals surface area contributed by atoms with Gasteiger partial charge >= 0.3 is 6.18 Å². The van der Waals surface area contributed by atoms with Gasteiger partial charge in [-0.25, -0.2) is 9.50 Å². The van der Waals surface area contributed by atoms with Gasteiger partial charge in [-0.05, 0) is 48.7 Å². The van der Waals surface area contributed by atoms with E-state index in [4.69, 9.17) is 33.3 Å². The van der Waals surface area contributed by atoms with Gasteiger partial charge in [0.05, 0.1) is 28.9 Å². The molecule has 1 saturated heterocycles. The van der Waals surface area contributed by atoms with Crippen LogP contribution in [0.3, 0.4) is 0 Å². The minimum Gasteiger partial charge on any atom is -0.394 e. The molecule has 0 amide bonds. The van der Waals surface area contributed by atoms with Gasteiger partial charge in [0.2, 0.25) is 0 Å². The number of benzene rings is 2. The molecule has 6 rings (SSSR count). The van der Waals surface area contributed by atoms with E-state index in [0.717, 1.165) is 24.5 Å². The molecule has 40 heavy (non-hydrogen) atoms. The van der Waals surface area contributed by atoms with Crippen LogP contribution >= 0.6 is 23.2 Å². The molecule has 1 atom stereocenters. The number of nitrogens with zero attached hydrogens (tertiary/aromatic N) is 5. The molecule has 3 aromatic heterocycles. The zero-order chi connectivity index (χ0) is 28.0. The van der Waals surface area contributed by atoms with Crippen LogP contribution in [-0.4, -0.2) is 43.9 Å². The third kappa shape index (κ3) is 4.78. The van der Waals surface area contributed by atoms with Gasteiger partial charge in [0, 0.05) is 35.0 Å². The van der Waals surface area contributed by atoms with E-state index >= 15 is 0 Å². The Morgan fingerprint density at radius 1 is 0.975 bits per heavy atom. The van der Waals surface area contributed by atoms with Crippen LogP contribution in [0.15, 0.2) is 72.9 Å². The van der Waals surface area contributed by atoms with E-state index in [1.54, 1.807) is 28.8 Å². The SMILES string of the molecule is OC[C@@H]1CCCN1c1cc(-c2ccc(C(F)(F)F)nc2)n2nc(-c3ccccc3Cl)c(-c3ccc(Cl)cc3)c2n1. The summed E-state index contributed by atoms with van der Waals surface area (Å²) in [7, 11) is 0. The van der Waals surface area contributed by atoms with Crippen molar-refractivity contribution >= 4 is 34.7 Å². The first kappa shape index (κ1) is 26.6. The molecular weight excluding hydrogens is 562 g/mol. The van der Waals surface area contributed by atoms with E-state index in [1.807, 2.05) is 35.2 Å². The summed E-state index contributed by atoms with van der Waals surface area (Å²) in [5.41, 5.74) is 3.12. The van der Waals surface area contributed by atoms with Crippen molar-refractivity contribution in [2.45, 2.75) is 25.1 Å². The monoisotopic (exact) mass is 583 g/mol. The van der Waals surface area contributed by atoms with E-state index in [1.165, 1.54) is 12.3 Å². The van der Waals surface area contributed by atoms with E-state index in [9.17, 15) is 18.3 Å². The lowest BCUT2D eigenvalue weighted by molar-refractivity contribution is -0.141. The minimum atomic E-state index is -4.56. The van der Waals surface area contributed by atoms with Gasteiger partial charge in [0.15, 0.2) is 5.65 Å². The maximum absolute atomic E-state index is 13.3. The Morgan fingerprint density at radius 3 is 2.40 bits per heavy atom. The molecule has 0 radical (unpaired) electrons. The first-order valence-corrected chi connectivity index (χ1v) is 13.4. The summed E-state index contributed by atoms with van der Waals surface area (Å²) in [5, 5.41) is 16.0. The fraction of sp³-hybridized carbons (Fsp3) is 0.207. The third-order valence-corrected chi connectivity index (χ3v) is 7.65. The Kier molecular flexibility index (Phi) is 6.90. The van der Waals surface area contributed by atoms with Crippen molar-refractivity contribution in [1.82, 2.24) is 19.6 Å². The maximum atomic E-state index is 13.3. The number of aromatic nitrogens is 4. The summed E-state index contributed by atoms with van der Waals surface area (Å²) >= 11 is 12.8.